The summed E-state index contributed by atoms with van der Waals surface area (Å²) >= 11 is 0. The van der Waals surface area contributed by atoms with Crippen LogP contribution < -0.4 is 0 Å². The first-order valence-corrected chi connectivity index (χ1v) is 7.07. The van der Waals surface area contributed by atoms with E-state index in [9.17, 15) is 35.7 Å². The van der Waals surface area contributed by atoms with E-state index in [0.29, 0.717) is 0 Å². The minimum Gasteiger partial charge on any atom is -0.412 e. The first kappa shape index (κ1) is 21.6. The van der Waals surface area contributed by atoms with E-state index in [4.69, 9.17) is 19.3 Å². The molecule has 0 saturated carbocycles. The van der Waals surface area contributed by atoms with Gasteiger partial charge in [-0.25, -0.2) is 0 Å². The molecule has 2 rings (SSSR count). The van der Waals surface area contributed by atoms with E-state index in [1.54, 1.807) is 0 Å². The van der Waals surface area contributed by atoms with Gasteiger partial charge in [-0.2, -0.15) is 0 Å². The molecule has 0 aliphatic carbocycles. The predicted octanol–water partition coefficient (Wildman–Crippen LogP) is -6.22. The number of hydrogen-bond donors (Lipinski definition) is 8. The molecule has 24 heavy (non-hydrogen) atoms. The fourth-order valence-electron chi connectivity index (χ4n) is 2.46. The van der Waals surface area contributed by atoms with E-state index >= 15 is 0 Å². The molecule has 2 heterocycles. The molecule has 0 aromatic heterocycles. The van der Waals surface area contributed by atoms with Crippen molar-refractivity contribution in [2.75, 3.05) is 13.2 Å². The predicted molar refractivity (Wildman–Crippen MR) is 72.2 cm³/mol. The third-order valence-corrected chi connectivity index (χ3v) is 3.96. The van der Waals surface area contributed by atoms with Gasteiger partial charge in [0.2, 0.25) is 0 Å². The highest BCUT2D eigenvalue weighted by atomic mass is 16.7. The summed E-state index contributed by atoms with van der Waals surface area (Å²) in [7, 11) is 0. The normalized spacial score (nSPS) is 49.5. The third-order valence-electron chi connectivity index (χ3n) is 3.96. The van der Waals surface area contributed by atoms with Crippen molar-refractivity contribution in [1.29, 1.82) is 0 Å². The van der Waals surface area contributed by atoms with Gasteiger partial charge < -0.3 is 60.5 Å². The van der Waals surface area contributed by atoms with Gasteiger partial charge in [0.15, 0.2) is 12.6 Å². The van der Waals surface area contributed by atoms with Crippen LogP contribution in [-0.2, 0) is 14.2 Å². The average Bonchev–Trinajstić information content (AvgIpc) is 2.54. The summed E-state index contributed by atoms with van der Waals surface area (Å²) < 4.78 is 15.1. The van der Waals surface area contributed by atoms with Crippen molar-refractivity contribution in [2.45, 2.75) is 61.4 Å². The largest absolute Gasteiger partial charge is 0.412 e. The Balaban J connectivity index is 0.00000288. The van der Waals surface area contributed by atoms with Gasteiger partial charge in [0.1, 0.15) is 48.8 Å². The summed E-state index contributed by atoms with van der Waals surface area (Å²) in [5.41, 5.74) is 0. The molecule has 0 aromatic rings. The quantitative estimate of drug-likeness (QED) is 0.235. The standard InChI is InChI=1S/C12H22O11.H2O/c13-1-3-5(14)8(17)10(19)12(23-3)21-2-4-6(15)7(16)9(18)11(20)22-4;/h3-20H,1-2H2;1H2/t3-,4-,5+,6-,7+,8-,9+,10-,11-,12+;/m1./s1. The second kappa shape index (κ2) is 8.75. The molecule has 2 saturated heterocycles. The van der Waals surface area contributed by atoms with Crippen LogP contribution in [0, 0.1) is 0 Å². The molecule has 2 aliphatic heterocycles. The summed E-state index contributed by atoms with van der Waals surface area (Å²) in [4.78, 5) is 0. The van der Waals surface area contributed by atoms with Crippen molar-refractivity contribution in [1.82, 2.24) is 0 Å². The summed E-state index contributed by atoms with van der Waals surface area (Å²) in [5, 5.41) is 76.1. The highest BCUT2D eigenvalue weighted by Crippen LogP contribution is 2.24. The lowest BCUT2D eigenvalue weighted by Crippen LogP contribution is -2.61. The van der Waals surface area contributed by atoms with Gasteiger partial charge in [-0.05, 0) is 0 Å². The highest BCUT2D eigenvalue weighted by Gasteiger charge is 2.46. The van der Waals surface area contributed by atoms with E-state index < -0.39 is 74.6 Å². The number of hydrogen-bond acceptors (Lipinski definition) is 11. The number of ether oxygens (including phenoxy) is 3. The van der Waals surface area contributed by atoms with Gasteiger partial charge in [-0.3, -0.25) is 0 Å². The lowest BCUT2D eigenvalue weighted by molar-refractivity contribution is -0.325. The molecule has 12 nitrogen and oxygen atoms in total. The molecule has 144 valence electrons. The Hall–Kier alpha value is -0.480. The Morgan fingerprint density at radius 2 is 1.21 bits per heavy atom. The lowest BCUT2D eigenvalue weighted by Gasteiger charge is -2.41. The van der Waals surface area contributed by atoms with Crippen LogP contribution in [0.25, 0.3) is 0 Å². The van der Waals surface area contributed by atoms with Gasteiger partial charge in [0.25, 0.3) is 0 Å². The van der Waals surface area contributed by atoms with E-state index in [1.165, 1.54) is 0 Å². The maximum atomic E-state index is 9.78. The second-order valence-corrected chi connectivity index (χ2v) is 5.57. The van der Waals surface area contributed by atoms with Gasteiger partial charge >= 0.3 is 0 Å². The number of aliphatic hydroxyl groups excluding tert-OH is 8. The highest BCUT2D eigenvalue weighted by molar-refractivity contribution is 4.91. The van der Waals surface area contributed by atoms with Gasteiger partial charge in [-0.15, -0.1) is 0 Å². The lowest BCUT2D eigenvalue weighted by atomic mass is 9.98. The van der Waals surface area contributed by atoms with Crippen molar-refractivity contribution in [3.8, 4) is 0 Å². The van der Waals surface area contributed by atoms with Gasteiger partial charge in [-0.1, -0.05) is 0 Å². The average molecular weight is 360 g/mol. The van der Waals surface area contributed by atoms with Gasteiger partial charge in [0.05, 0.1) is 13.2 Å². The Kier molecular flexibility index (Phi) is 7.86. The molecule has 12 heteroatoms. The zero-order chi connectivity index (χ0) is 17.3. The fourth-order valence-corrected chi connectivity index (χ4v) is 2.46. The molecule has 2 fully saturated rings. The molecule has 0 amide bonds. The van der Waals surface area contributed by atoms with E-state index in [-0.39, 0.29) is 5.48 Å². The van der Waals surface area contributed by atoms with Crippen LogP contribution >= 0.6 is 0 Å². The van der Waals surface area contributed by atoms with Gasteiger partial charge in [0, 0.05) is 0 Å². The van der Waals surface area contributed by atoms with Crippen LogP contribution in [0.2, 0.25) is 0 Å². The summed E-state index contributed by atoms with van der Waals surface area (Å²) in [6.07, 6.45) is -15.3. The zero-order valence-corrected chi connectivity index (χ0v) is 12.5. The Labute approximate surface area is 136 Å². The molecular weight excluding hydrogens is 336 g/mol. The van der Waals surface area contributed by atoms with Crippen LogP contribution in [0.1, 0.15) is 0 Å². The minimum atomic E-state index is -1.74. The van der Waals surface area contributed by atoms with Crippen LogP contribution in [0.5, 0.6) is 0 Å². The number of rotatable bonds is 4. The zero-order valence-electron chi connectivity index (χ0n) is 12.5. The second-order valence-electron chi connectivity index (χ2n) is 5.57. The first-order chi connectivity index (χ1) is 10.8. The fraction of sp³-hybridized carbons (Fsp3) is 1.00. The summed E-state index contributed by atoms with van der Waals surface area (Å²) in [5.74, 6) is 0. The van der Waals surface area contributed by atoms with Crippen LogP contribution in [0.4, 0.5) is 0 Å². The maximum absolute atomic E-state index is 9.78. The monoisotopic (exact) mass is 360 g/mol. The van der Waals surface area contributed by atoms with Crippen LogP contribution in [-0.4, -0.2) is 121 Å². The molecule has 10 atom stereocenters. The molecule has 2 aliphatic rings. The number of aliphatic hydroxyl groups is 8. The topological polar surface area (TPSA) is 221 Å². The van der Waals surface area contributed by atoms with E-state index in [2.05, 4.69) is 0 Å². The molecule has 10 N–H and O–H groups in total. The molecule has 0 unspecified atom stereocenters. The third kappa shape index (κ3) is 4.19. The van der Waals surface area contributed by atoms with E-state index in [1.807, 2.05) is 0 Å². The van der Waals surface area contributed by atoms with Crippen molar-refractivity contribution in [3.05, 3.63) is 0 Å². The van der Waals surface area contributed by atoms with Crippen molar-refractivity contribution in [2.24, 2.45) is 0 Å². The molecule has 0 aromatic carbocycles. The summed E-state index contributed by atoms with van der Waals surface area (Å²) in [6.45, 7) is -1.10. The van der Waals surface area contributed by atoms with E-state index in [0.717, 1.165) is 0 Å². The minimum absolute atomic E-state index is 0. The first-order valence-electron chi connectivity index (χ1n) is 7.07. The van der Waals surface area contributed by atoms with Crippen molar-refractivity contribution >= 4 is 0 Å². The Morgan fingerprint density at radius 3 is 1.79 bits per heavy atom. The Morgan fingerprint density at radius 1 is 0.667 bits per heavy atom. The molecular formula is C12H24O12. The molecule has 0 radical (unpaired) electrons. The SMILES string of the molecule is O.OC[C@H]1O[C@H](OC[C@H]2O[C@@H](O)[C@@H](O)[C@@H](O)[C@@H]2O)[C@H](O)[C@H](O)[C@H]1O. The van der Waals surface area contributed by atoms with Crippen molar-refractivity contribution in [3.63, 3.8) is 0 Å². The Bertz CT molecular complexity index is 381. The van der Waals surface area contributed by atoms with Crippen molar-refractivity contribution < 1.29 is 60.5 Å². The molecule has 0 spiro atoms. The summed E-state index contributed by atoms with van der Waals surface area (Å²) in [6, 6.07) is 0. The smallest absolute Gasteiger partial charge is 0.186 e. The molecule has 0 bridgehead atoms. The maximum Gasteiger partial charge on any atom is 0.186 e. The van der Waals surface area contributed by atoms with Crippen LogP contribution in [0.3, 0.4) is 0 Å². The van der Waals surface area contributed by atoms with Crippen LogP contribution in [0.15, 0.2) is 0 Å².